The Morgan fingerprint density at radius 3 is 2.53 bits per heavy atom. The van der Waals surface area contributed by atoms with Gasteiger partial charge in [-0.05, 0) is 23.6 Å². The predicted octanol–water partition coefficient (Wildman–Crippen LogP) is 4.11. The molecule has 0 fully saturated rings. The van der Waals surface area contributed by atoms with Crippen LogP contribution < -0.4 is 0 Å². The molecule has 96 valence electrons. The number of halogens is 3. The monoisotopic (exact) mass is 263 g/mol. The van der Waals surface area contributed by atoms with Gasteiger partial charge in [-0.2, -0.15) is 13.2 Å². The first-order valence-electron chi connectivity index (χ1n) is 5.55. The Labute approximate surface area is 106 Å². The van der Waals surface area contributed by atoms with Crippen molar-refractivity contribution in [3.63, 3.8) is 0 Å². The second-order valence-corrected chi connectivity index (χ2v) is 4.19. The summed E-state index contributed by atoms with van der Waals surface area (Å²) >= 11 is 0. The van der Waals surface area contributed by atoms with Crippen LogP contribution in [-0.2, 0) is 6.18 Å². The number of phenolic OH excluding ortho intramolecular Hbond substituents is 1. The van der Waals surface area contributed by atoms with Gasteiger partial charge < -0.3 is 5.11 Å². The molecule has 0 saturated heterocycles. The van der Waals surface area contributed by atoms with Gasteiger partial charge in [-0.1, -0.05) is 18.2 Å². The quantitative estimate of drug-likeness (QED) is 0.619. The fourth-order valence-electron chi connectivity index (χ4n) is 2.21. The van der Waals surface area contributed by atoms with E-state index in [2.05, 4.69) is 4.98 Å². The Balaban J connectivity index is 2.54. The summed E-state index contributed by atoms with van der Waals surface area (Å²) in [6.45, 7) is 0. The number of fused-ring (bicyclic) bond motifs is 3. The Morgan fingerprint density at radius 2 is 1.79 bits per heavy atom. The molecule has 1 aromatic heterocycles. The lowest BCUT2D eigenvalue weighted by atomic mass is 10.00. The average Bonchev–Trinajstić information content (AvgIpc) is 2.37. The fourth-order valence-corrected chi connectivity index (χ4v) is 2.21. The molecule has 2 aromatic carbocycles. The van der Waals surface area contributed by atoms with Crippen molar-refractivity contribution in [3.05, 3.63) is 48.2 Å². The lowest BCUT2D eigenvalue weighted by molar-refractivity contribution is -0.136. The minimum atomic E-state index is -4.46. The largest absolute Gasteiger partial charge is 0.507 e. The Morgan fingerprint density at radius 1 is 1.00 bits per heavy atom. The van der Waals surface area contributed by atoms with Gasteiger partial charge in [0.25, 0.3) is 0 Å². The summed E-state index contributed by atoms with van der Waals surface area (Å²) < 4.78 is 38.8. The maximum absolute atomic E-state index is 12.9. The van der Waals surface area contributed by atoms with E-state index in [-0.39, 0.29) is 16.5 Å². The van der Waals surface area contributed by atoms with Crippen molar-refractivity contribution >= 4 is 21.7 Å². The molecule has 0 atom stereocenters. The number of hydrogen-bond acceptors (Lipinski definition) is 2. The van der Waals surface area contributed by atoms with E-state index in [0.717, 1.165) is 12.1 Å². The van der Waals surface area contributed by atoms with E-state index in [1.54, 1.807) is 18.2 Å². The standard InChI is InChI=1S/C14H8F3NO/c15-14(16,17)10-5-6-11(19)12-9(10)4-3-8-2-1-7-18-13(8)12/h1-7,19H. The minimum absolute atomic E-state index is 0.0429. The third kappa shape index (κ3) is 1.78. The Kier molecular flexibility index (Phi) is 2.38. The van der Waals surface area contributed by atoms with Crippen molar-refractivity contribution in [2.75, 3.05) is 0 Å². The van der Waals surface area contributed by atoms with Gasteiger partial charge in [-0.25, -0.2) is 0 Å². The van der Waals surface area contributed by atoms with E-state index in [0.29, 0.717) is 10.9 Å². The molecule has 3 rings (SSSR count). The molecule has 0 aliphatic rings. The number of phenols is 1. The molecule has 0 spiro atoms. The fraction of sp³-hybridized carbons (Fsp3) is 0.0714. The average molecular weight is 263 g/mol. The summed E-state index contributed by atoms with van der Waals surface area (Å²) in [6.07, 6.45) is -2.98. The maximum Gasteiger partial charge on any atom is 0.417 e. The highest BCUT2D eigenvalue weighted by molar-refractivity contribution is 6.09. The highest BCUT2D eigenvalue weighted by Crippen LogP contribution is 2.40. The van der Waals surface area contributed by atoms with Crippen LogP contribution in [0.1, 0.15) is 5.56 Å². The van der Waals surface area contributed by atoms with Crippen LogP contribution in [0.5, 0.6) is 5.75 Å². The van der Waals surface area contributed by atoms with E-state index in [9.17, 15) is 18.3 Å². The molecule has 0 radical (unpaired) electrons. The highest BCUT2D eigenvalue weighted by atomic mass is 19.4. The minimum Gasteiger partial charge on any atom is -0.507 e. The summed E-state index contributed by atoms with van der Waals surface area (Å²) in [4.78, 5) is 4.07. The number of benzene rings is 2. The summed E-state index contributed by atoms with van der Waals surface area (Å²) in [5.41, 5.74) is -0.406. The van der Waals surface area contributed by atoms with Gasteiger partial charge >= 0.3 is 6.18 Å². The van der Waals surface area contributed by atoms with Gasteiger partial charge in [-0.3, -0.25) is 4.98 Å². The molecule has 0 amide bonds. The van der Waals surface area contributed by atoms with Gasteiger partial charge in [0, 0.05) is 11.6 Å². The number of alkyl halides is 3. The first-order valence-corrected chi connectivity index (χ1v) is 5.55. The SMILES string of the molecule is Oc1ccc(C(F)(F)F)c2ccc3cccnc3c12. The Bertz CT molecular complexity index is 781. The van der Waals surface area contributed by atoms with Crippen LogP contribution in [0.3, 0.4) is 0 Å². The predicted molar refractivity (Wildman–Crippen MR) is 65.9 cm³/mol. The number of aromatic hydroxyl groups is 1. The number of nitrogens with zero attached hydrogens (tertiary/aromatic N) is 1. The lowest BCUT2D eigenvalue weighted by Crippen LogP contribution is -2.05. The molecule has 0 bridgehead atoms. The van der Waals surface area contributed by atoms with E-state index in [1.165, 1.54) is 12.3 Å². The molecular weight excluding hydrogens is 255 g/mol. The second-order valence-electron chi connectivity index (χ2n) is 4.19. The van der Waals surface area contributed by atoms with Gasteiger partial charge in [0.1, 0.15) is 5.75 Å². The number of pyridine rings is 1. The van der Waals surface area contributed by atoms with Gasteiger partial charge in [0.2, 0.25) is 0 Å². The molecule has 3 aromatic rings. The van der Waals surface area contributed by atoms with Crippen molar-refractivity contribution < 1.29 is 18.3 Å². The highest BCUT2D eigenvalue weighted by Gasteiger charge is 2.33. The van der Waals surface area contributed by atoms with E-state index in [4.69, 9.17) is 0 Å². The van der Waals surface area contributed by atoms with Gasteiger partial charge in [0.15, 0.2) is 0 Å². The summed E-state index contributed by atoms with van der Waals surface area (Å²) in [5.74, 6) is -0.202. The molecule has 19 heavy (non-hydrogen) atoms. The molecule has 0 saturated carbocycles. The summed E-state index contributed by atoms with van der Waals surface area (Å²) in [6, 6.07) is 8.30. The second kappa shape index (κ2) is 3.85. The van der Waals surface area contributed by atoms with Crippen LogP contribution in [0.4, 0.5) is 13.2 Å². The normalized spacial score (nSPS) is 12.2. The Hall–Kier alpha value is -2.30. The smallest absolute Gasteiger partial charge is 0.417 e. The van der Waals surface area contributed by atoms with Crippen LogP contribution in [-0.4, -0.2) is 10.1 Å². The summed E-state index contributed by atoms with van der Waals surface area (Å²) in [5, 5.41) is 10.6. The molecule has 1 heterocycles. The lowest BCUT2D eigenvalue weighted by Gasteiger charge is -2.12. The van der Waals surface area contributed by atoms with E-state index >= 15 is 0 Å². The molecular formula is C14H8F3NO. The van der Waals surface area contributed by atoms with Crippen molar-refractivity contribution in [1.29, 1.82) is 0 Å². The zero-order chi connectivity index (χ0) is 13.6. The third-order valence-electron chi connectivity index (χ3n) is 3.03. The first-order chi connectivity index (χ1) is 8.98. The van der Waals surface area contributed by atoms with Crippen molar-refractivity contribution in [2.45, 2.75) is 6.18 Å². The van der Waals surface area contributed by atoms with Gasteiger partial charge in [0.05, 0.1) is 16.5 Å². The third-order valence-corrected chi connectivity index (χ3v) is 3.03. The molecule has 5 heteroatoms. The summed E-state index contributed by atoms with van der Waals surface area (Å²) in [7, 11) is 0. The maximum atomic E-state index is 12.9. The molecule has 2 nitrogen and oxygen atoms in total. The van der Waals surface area contributed by atoms with Crippen LogP contribution in [0, 0.1) is 0 Å². The molecule has 0 aliphatic carbocycles. The molecule has 1 N–H and O–H groups in total. The first kappa shape index (κ1) is 11.8. The van der Waals surface area contributed by atoms with Crippen LogP contribution in [0.2, 0.25) is 0 Å². The molecule has 0 unspecified atom stereocenters. The zero-order valence-electron chi connectivity index (χ0n) is 9.57. The van der Waals surface area contributed by atoms with Crippen LogP contribution >= 0.6 is 0 Å². The van der Waals surface area contributed by atoms with Crippen molar-refractivity contribution in [1.82, 2.24) is 4.98 Å². The van der Waals surface area contributed by atoms with E-state index in [1.807, 2.05) is 0 Å². The van der Waals surface area contributed by atoms with Crippen LogP contribution in [0.25, 0.3) is 21.7 Å². The van der Waals surface area contributed by atoms with Gasteiger partial charge in [-0.15, -0.1) is 0 Å². The topological polar surface area (TPSA) is 33.1 Å². The number of hydrogen-bond donors (Lipinski definition) is 1. The van der Waals surface area contributed by atoms with E-state index < -0.39 is 11.7 Å². The van der Waals surface area contributed by atoms with Crippen molar-refractivity contribution in [2.24, 2.45) is 0 Å². The van der Waals surface area contributed by atoms with Crippen LogP contribution in [0.15, 0.2) is 42.6 Å². The number of rotatable bonds is 0. The van der Waals surface area contributed by atoms with Crippen molar-refractivity contribution in [3.8, 4) is 5.75 Å². The zero-order valence-corrected chi connectivity index (χ0v) is 9.57. The number of aromatic nitrogens is 1. The molecule has 0 aliphatic heterocycles.